The number of nitrogens with one attached hydrogen (secondary N) is 1. The van der Waals surface area contributed by atoms with Gasteiger partial charge in [-0.25, -0.2) is 0 Å². The molecule has 7 N–H and O–H groups in total. The van der Waals surface area contributed by atoms with Gasteiger partial charge in [-0.15, -0.1) is 0 Å². The van der Waals surface area contributed by atoms with Crippen LogP contribution in [0.5, 0.6) is 0 Å². The first-order valence-electron chi connectivity index (χ1n) is 20.0. The molecule has 0 amide bonds. The van der Waals surface area contributed by atoms with Gasteiger partial charge in [0.25, 0.3) is 0 Å². The maximum absolute atomic E-state index is 11.1. The van der Waals surface area contributed by atoms with E-state index in [4.69, 9.17) is 23.7 Å². The van der Waals surface area contributed by atoms with Crippen molar-refractivity contribution in [2.24, 2.45) is 46.3 Å². The summed E-state index contributed by atoms with van der Waals surface area (Å²) >= 11 is 0. The minimum atomic E-state index is -1.60. The summed E-state index contributed by atoms with van der Waals surface area (Å²) in [5, 5.41) is 66.8. The van der Waals surface area contributed by atoms with E-state index in [1.807, 2.05) is 0 Å². The zero-order chi connectivity index (χ0) is 36.2. The highest BCUT2D eigenvalue weighted by Crippen LogP contribution is 2.70. The predicted octanol–water partition coefficient (Wildman–Crippen LogP) is 1.96. The Kier molecular flexibility index (Phi) is 9.83. The third-order valence-electron chi connectivity index (χ3n) is 15.8. The van der Waals surface area contributed by atoms with E-state index in [2.05, 4.69) is 39.1 Å². The molecule has 7 fully saturated rings. The van der Waals surface area contributed by atoms with Gasteiger partial charge in [-0.05, 0) is 105 Å². The Morgan fingerprint density at radius 2 is 1.63 bits per heavy atom. The smallest absolute Gasteiger partial charge is 0.187 e. The molecule has 4 aliphatic carbocycles. The first-order valence-corrected chi connectivity index (χ1v) is 20.0. The van der Waals surface area contributed by atoms with Gasteiger partial charge in [-0.2, -0.15) is 0 Å². The molecule has 21 atom stereocenters. The van der Waals surface area contributed by atoms with Gasteiger partial charge in [0.05, 0.1) is 24.9 Å². The highest BCUT2D eigenvalue weighted by Gasteiger charge is 2.68. The van der Waals surface area contributed by atoms with Gasteiger partial charge >= 0.3 is 0 Å². The molecular weight excluding hydrogens is 658 g/mol. The summed E-state index contributed by atoms with van der Waals surface area (Å²) in [4.78, 5) is 0. The Morgan fingerprint density at radius 1 is 0.843 bits per heavy atom. The van der Waals surface area contributed by atoms with Crippen molar-refractivity contribution < 1.29 is 54.3 Å². The van der Waals surface area contributed by atoms with Crippen molar-refractivity contribution in [2.45, 2.75) is 172 Å². The fourth-order valence-corrected chi connectivity index (χ4v) is 12.7. The standard InChI is InChI=1S/C39H63NO11/c1-18-8-13-39(40-16-18)19(2)28-26(51-39)15-25-23-7-6-21-14-22(9-11-37(21,4)24(23)10-12-38(25,28)5)48-36-34(32(45)30(43)27(17-41)49-36)50-35-33(46)31(44)29(42)20(3)47-35/h6,18-20,22-36,40-46H,7-17H2,1-5H3/t18-,19+,20+,22+,23-,24+,25+,26+,27-,28+,29+,30-,31-,32+,33-,34-,35-,36-,37+,38+,39-/m1/s1. The number of fused-ring (bicyclic) bond motifs is 7. The van der Waals surface area contributed by atoms with Gasteiger partial charge in [-0.1, -0.05) is 39.3 Å². The van der Waals surface area contributed by atoms with Crippen molar-refractivity contribution in [1.82, 2.24) is 5.32 Å². The summed E-state index contributed by atoms with van der Waals surface area (Å²) in [5.41, 5.74) is 1.61. The monoisotopic (exact) mass is 721 g/mol. The van der Waals surface area contributed by atoms with Crippen LogP contribution in [-0.2, 0) is 23.7 Å². The Labute approximate surface area is 302 Å². The highest BCUT2D eigenvalue weighted by molar-refractivity contribution is 5.26. The van der Waals surface area contributed by atoms with Gasteiger partial charge in [0.15, 0.2) is 12.6 Å². The molecule has 12 heteroatoms. The molecule has 4 heterocycles. The van der Waals surface area contributed by atoms with Crippen molar-refractivity contribution >= 4 is 0 Å². The van der Waals surface area contributed by atoms with E-state index in [9.17, 15) is 30.6 Å². The number of piperidine rings is 1. The summed E-state index contributed by atoms with van der Waals surface area (Å²) in [7, 11) is 0. The Morgan fingerprint density at radius 3 is 2.35 bits per heavy atom. The SMILES string of the molecule is C[C@@H]1CC[C@@]2(NC1)O[C@H]1C[C@H]3[C@@H]4CC=C5C[C@@H](O[C@@H]6O[C@H](CO)[C@@H](O)[C@H](O)[C@H]6O[C@H]6O[C@@H](C)[C@H](O)[C@@H](O)[C@H]6O)CC[C@]5(C)[C@H]4CC[C@]3(C)[C@H]1[C@@H]2C. The fourth-order valence-electron chi connectivity index (χ4n) is 12.7. The molecular formula is C39H63NO11. The number of ether oxygens (including phenoxy) is 5. The molecule has 0 aromatic rings. The van der Waals surface area contributed by atoms with E-state index < -0.39 is 68.0 Å². The van der Waals surface area contributed by atoms with Crippen LogP contribution in [0.1, 0.15) is 92.4 Å². The van der Waals surface area contributed by atoms with Crippen LogP contribution in [0.4, 0.5) is 0 Å². The molecule has 4 aliphatic heterocycles. The topological polar surface area (TPSA) is 180 Å². The molecule has 0 unspecified atom stereocenters. The molecule has 0 bridgehead atoms. The first kappa shape index (κ1) is 37.2. The third-order valence-corrected chi connectivity index (χ3v) is 15.8. The van der Waals surface area contributed by atoms with E-state index >= 15 is 0 Å². The van der Waals surface area contributed by atoms with Gasteiger partial charge in [0.1, 0.15) is 48.5 Å². The van der Waals surface area contributed by atoms with Crippen LogP contribution in [0.15, 0.2) is 11.6 Å². The summed E-state index contributed by atoms with van der Waals surface area (Å²) < 4.78 is 31.2. The molecule has 8 rings (SSSR count). The quantitative estimate of drug-likeness (QED) is 0.206. The van der Waals surface area contributed by atoms with Crippen molar-refractivity contribution in [1.29, 1.82) is 0 Å². The van der Waals surface area contributed by atoms with E-state index in [-0.39, 0.29) is 22.7 Å². The minimum absolute atomic E-state index is 0.0659. The molecule has 0 aromatic heterocycles. The van der Waals surface area contributed by atoms with E-state index in [0.717, 1.165) is 38.6 Å². The van der Waals surface area contributed by atoms with Crippen molar-refractivity contribution in [3.8, 4) is 0 Å². The summed E-state index contributed by atoms with van der Waals surface area (Å²) in [6, 6.07) is 0. The molecule has 3 saturated carbocycles. The van der Waals surface area contributed by atoms with Crippen LogP contribution in [0.2, 0.25) is 0 Å². The maximum atomic E-state index is 11.1. The zero-order valence-corrected chi connectivity index (χ0v) is 31.0. The normalized spacial score (nSPS) is 58.4. The number of hydrogen-bond donors (Lipinski definition) is 7. The summed E-state index contributed by atoms with van der Waals surface area (Å²) in [5.74, 6) is 3.68. The second kappa shape index (κ2) is 13.5. The zero-order valence-electron chi connectivity index (χ0n) is 31.0. The van der Waals surface area contributed by atoms with Crippen molar-refractivity contribution in [2.75, 3.05) is 13.2 Å². The summed E-state index contributed by atoms with van der Waals surface area (Å²) in [6.07, 6.45) is -1.26. The maximum Gasteiger partial charge on any atom is 0.187 e. The molecule has 4 saturated heterocycles. The first-order chi connectivity index (χ1) is 24.2. The largest absolute Gasteiger partial charge is 0.394 e. The number of hydrogen-bond acceptors (Lipinski definition) is 12. The lowest BCUT2D eigenvalue weighted by Crippen LogP contribution is -2.64. The molecule has 0 aromatic carbocycles. The Bertz CT molecular complexity index is 1310. The fraction of sp³-hybridized carbons (Fsp3) is 0.949. The van der Waals surface area contributed by atoms with Crippen LogP contribution >= 0.6 is 0 Å². The lowest BCUT2D eigenvalue weighted by Gasteiger charge is -2.59. The van der Waals surface area contributed by atoms with Crippen LogP contribution < -0.4 is 5.32 Å². The average Bonchev–Trinajstić information content (AvgIpc) is 3.56. The molecule has 290 valence electrons. The van der Waals surface area contributed by atoms with Crippen LogP contribution in [-0.4, -0.2) is 123 Å². The molecule has 12 nitrogen and oxygen atoms in total. The average molecular weight is 722 g/mol. The molecule has 1 spiro atoms. The van der Waals surface area contributed by atoms with Crippen molar-refractivity contribution in [3.05, 3.63) is 11.6 Å². The van der Waals surface area contributed by atoms with Gasteiger partial charge < -0.3 is 54.3 Å². The minimum Gasteiger partial charge on any atom is -0.394 e. The summed E-state index contributed by atoms with van der Waals surface area (Å²) in [6.45, 7) is 11.9. The van der Waals surface area contributed by atoms with E-state index in [1.165, 1.54) is 24.8 Å². The van der Waals surface area contributed by atoms with Crippen molar-refractivity contribution in [3.63, 3.8) is 0 Å². The molecule has 8 aliphatic rings. The van der Waals surface area contributed by atoms with Gasteiger partial charge in [-0.3, -0.25) is 5.32 Å². The van der Waals surface area contributed by atoms with Crippen LogP contribution in [0.3, 0.4) is 0 Å². The highest BCUT2D eigenvalue weighted by atomic mass is 16.8. The van der Waals surface area contributed by atoms with Crippen LogP contribution in [0.25, 0.3) is 0 Å². The van der Waals surface area contributed by atoms with Gasteiger partial charge in [0.2, 0.25) is 0 Å². The lowest BCUT2D eigenvalue weighted by molar-refractivity contribution is -0.369. The third kappa shape index (κ3) is 5.84. The Balaban J connectivity index is 0.964. The van der Waals surface area contributed by atoms with Gasteiger partial charge in [0, 0.05) is 12.5 Å². The number of rotatable bonds is 5. The lowest BCUT2D eigenvalue weighted by atomic mass is 9.47. The number of aliphatic hydroxyl groups is 6. The molecule has 0 radical (unpaired) electrons. The molecule has 51 heavy (non-hydrogen) atoms. The predicted molar refractivity (Wildman–Crippen MR) is 184 cm³/mol. The van der Waals surface area contributed by atoms with Crippen LogP contribution in [0, 0.1) is 46.3 Å². The second-order valence-corrected chi connectivity index (χ2v) is 18.4. The second-order valence-electron chi connectivity index (χ2n) is 18.4. The van der Waals surface area contributed by atoms with E-state index in [0.29, 0.717) is 48.0 Å². The number of aliphatic hydroxyl groups excluding tert-OH is 6. The van der Waals surface area contributed by atoms with E-state index in [1.54, 1.807) is 6.92 Å². The Hall–Kier alpha value is -0.740. The number of allylic oxidation sites excluding steroid dienone is 1.